The van der Waals surface area contributed by atoms with E-state index in [2.05, 4.69) is 11.5 Å². The molecule has 37 heavy (non-hydrogen) atoms. The Balaban J connectivity index is 1.33. The summed E-state index contributed by atoms with van der Waals surface area (Å²) in [6, 6.07) is 5.65. The molecule has 0 unspecified atom stereocenters. The first-order chi connectivity index (χ1) is 17.8. The Morgan fingerprint density at radius 2 is 2.16 bits per heavy atom. The van der Waals surface area contributed by atoms with Gasteiger partial charge in [0.25, 0.3) is 0 Å². The average molecular weight is 505 g/mol. The van der Waals surface area contributed by atoms with Gasteiger partial charge in [0.05, 0.1) is 25.1 Å². The van der Waals surface area contributed by atoms with E-state index in [9.17, 15) is 14.7 Å². The van der Waals surface area contributed by atoms with Gasteiger partial charge in [0, 0.05) is 42.6 Å². The lowest BCUT2D eigenvalue weighted by Gasteiger charge is -2.60. The van der Waals surface area contributed by atoms with Crippen LogP contribution >= 0.6 is 0 Å². The number of aromatic hydroxyl groups is 1. The Hall–Kier alpha value is -3.52. The van der Waals surface area contributed by atoms with Crippen LogP contribution in [0.3, 0.4) is 0 Å². The van der Waals surface area contributed by atoms with Crippen LogP contribution in [0.1, 0.15) is 42.9 Å². The molecular weight excluding hydrogens is 472 g/mol. The predicted octanol–water partition coefficient (Wildman–Crippen LogP) is 3.64. The molecule has 2 bridgehead atoms. The Labute approximate surface area is 216 Å². The molecule has 2 fully saturated rings. The molecule has 2 aliphatic heterocycles. The number of phenols is 1. The molecule has 1 aromatic heterocycles. The molecule has 4 aliphatic rings. The molecule has 1 saturated carbocycles. The van der Waals surface area contributed by atoms with Gasteiger partial charge in [0.15, 0.2) is 11.5 Å². The van der Waals surface area contributed by atoms with E-state index in [0.717, 1.165) is 43.4 Å². The monoisotopic (exact) mass is 504 g/mol. The standard InChI is InChI=1S/C29H32N2O6/c1-17(36-18(2)32)15-31-12-11-29-21-6-7-22(30(3)25(34)9-4-19-10-13-35-16-19)28(29)37-27-24(33)8-5-20(26(27)29)14-23(21)31/h4-5,8-10,13,16,21-23,28,33H,1,6-7,11-12,14-15H2,2-3H3/t21-,22+,23+,28-,29-/m0/s1. The molecule has 8 heteroatoms. The van der Waals surface area contributed by atoms with Crippen LogP contribution in [0.5, 0.6) is 11.5 Å². The second kappa shape index (κ2) is 8.80. The number of likely N-dealkylation sites (N-methyl/N-ethyl adjacent to an activating group) is 1. The maximum absolute atomic E-state index is 13.2. The van der Waals surface area contributed by atoms with Gasteiger partial charge in [-0.05, 0) is 61.9 Å². The molecule has 8 nitrogen and oxygen atoms in total. The van der Waals surface area contributed by atoms with Crippen LogP contribution in [0, 0.1) is 5.92 Å². The van der Waals surface area contributed by atoms with Crippen molar-refractivity contribution in [3.8, 4) is 11.5 Å². The van der Waals surface area contributed by atoms with Gasteiger partial charge in [0.1, 0.15) is 11.9 Å². The second-order valence-corrected chi connectivity index (χ2v) is 10.7. The summed E-state index contributed by atoms with van der Waals surface area (Å²) in [7, 11) is 1.84. The van der Waals surface area contributed by atoms with Gasteiger partial charge in [-0.3, -0.25) is 14.5 Å². The molecule has 194 valence electrons. The summed E-state index contributed by atoms with van der Waals surface area (Å²) < 4.78 is 17.0. The molecule has 6 rings (SSSR count). The van der Waals surface area contributed by atoms with E-state index in [1.165, 1.54) is 12.5 Å². The third kappa shape index (κ3) is 3.69. The zero-order valence-corrected chi connectivity index (χ0v) is 21.2. The number of likely N-dealkylation sites (tertiary alicyclic amines) is 1. The summed E-state index contributed by atoms with van der Waals surface area (Å²) in [4.78, 5) is 28.9. The smallest absolute Gasteiger partial charge is 0.307 e. The van der Waals surface area contributed by atoms with Gasteiger partial charge in [-0.15, -0.1) is 0 Å². The highest BCUT2D eigenvalue weighted by molar-refractivity contribution is 5.91. The number of furan rings is 1. The average Bonchev–Trinajstić information content (AvgIpc) is 3.50. The van der Waals surface area contributed by atoms with Gasteiger partial charge >= 0.3 is 5.97 Å². The summed E-state index contributed by atoms with van der Waals surface area (Å²) in [6.07, 6.45) is 9.67. The van der Waals surface area contributed by atoms with Gasteiger partial charge in [-0.1, -0.05) is 12.6 Å². The van der Waals surface area contributed by atoms with Gasteiger partial charge in [-0.2, -0.15) is 0 Å². The summed E-state index contributed by atoms with van der Waals surface area (Å²) in [5.74, 6) is 1.07. The van der Waals surface area contributed by atoms with Crippen LogP contribution in [0.4, 0.5) is 0 Å². The van der Waals surface area contributed by atoms with E-state index in [1.54, 1.807) is 41.7 Å². The number of esters is 1. The van der Waals surface area contributed by atoms with Crippen molar-refractivity contribution >= 4 is 18.0 Å². The summed E-state index contributed by atoms with van der Waals surface area (Å²) >= 11 is 0. The lowest BCUT2D eigenvalue weighted by Crippen LogP contribution is -2.69. The van der Waals surface area contributed by atoms with Crippen molar-refractivity contribution in [3.05, 3.63) is 65.8 Å². The molecule has 5 atom stereocenters. The highest BCUT2D eigenvalue weighted by Crippen LogP contribution is 2.64. The number of piperidine rings is 1. The highest BCUT2D eigenvalue weighted by atomic mass is 16.5. The molecule has 1 aromatic carbocycles. The maximum atomic E-state index is 13.2. The number of amides is 1. The second-order valence-electron chi connectivity index (χ2n) is 10.7. The van der Waals surface area contributed by atoms with Crippen LogP contribution in [0.15, 0.2) is 53.6 Å². The van der Waals surface area contributed by atoms with Gasteiger partial charge in [0.2, 0.25) is 5.91 Å². The first-order valence-corrected chi connectivity index (χ1v) is 12.9. The van der Waals surface area contributed by atoms with Gasteiger partial charge < -0.3 is 23.9 Å². The first kappa shape index (κ1) is 23.9. The van der Waals surface area contributed by atoms with Crippen molar-refractivity contribution in [1.82, 2.24) is 9.80 Å². The number of benzene rings is 1. The molecule has 2 aromatic rings. The minimum absolute atomic E-state index is 0.0903. The van der Waals surface area contributed by atoms with E-state index in [4.69, 9.17) is 13.9 Å². The van der Waals surface area contributed by atoms with Crippen molar-refractivity contribution in [2.75, 3.05) is 20.1 Å². The minimum atomic E-state index is -0.355. The van der Waals surface area contributed by atoms with Crippen LogP contribution in [-0.4, -0.2) is 65.1 Å². The van der Waals surface area contributed by atoms with E-state index in [0.29, 0.717) is 24.0 Å². The topological polar surface area (TPSA) is 92.5 Å². The van der Waals surface area contributed by atoms with E-state index in [1.807, 2.05) is 13.1 Å². The summed E-state index contributed by atoms with van der Waals surface area (Å²) in [5.41, 5.74) is 2.88. The Morgan fingerprint density at radius 3 is 2.92 bits per heavy atom. The SMILES string of the molecule is C=C(CN1CC[C@]23c4c5ccc(O)c4O[C@H]2[C@H](N(C)C(=O)C=Cc2ccoc2)CC[C@H]3[C@H]1C5)OC(C)=O. The molecule has 1 spiro atoms. The van der Waals surface area contributed by atoms with Gasteiger partial charge in [-0.25, -0.2) is 0 Å². The van der Waals surface area contributed by atoms with Crippen molar-refractivity contribution in [2.24, 2.45) is 5.92 Å². The minimum Gasteiger partial charge on any atom is -0.504 e. The zero-order chi connectivity index (χ0) is 25.9. The molecule has 3 heterocycles. The molecule has 1 N–H and O–H groups in total. The highest BCUT2D eigenvalue weighted by Gasteiger charge is 2.66. The Kier molecular flexibility index (Phi) is 5.67. The molecule has 2 aliphatic carbocycles. The normalized spacial score (nSPS) is 29.5. The Morgan fingerprint density at radius 1 is 1.32 bits per heavy atom. The van der Waals surface area contributed by atoms with Crippen molar-refractivity contribution in [3.63, 3.8) is 0 Å². The molecular formula is C29H32N2O6. The molecule has 1 amide bonds. The largest absolute Gasteiger partial charge is 0.504 e. The Bertz CT molecular complexity index is 1280. The van der Waals surface area contributed by atoms with Crippen molar-refractivity contribution < 1.29 is 28.6 Å². The lowest BCUT2D eigenvalue weighted by atomic mass is 9.51. The van der Waals surface area contributed by atoms with E-state index < -0.39 is 0 Å². The molecule has 1 saturated heterocycles. The van der Waals surface area contributed by atoms with Crippen LogP contribution < -0.4 is 4.74 Å². The van der Waals surface area contributed by atoms with Crippen molar-refractivity contribution in [2.45, 2.75) is 56.2 Å². The summed E-state index contributed by atoms with van der Waals surface area (Å²) in [5, 5.41) is 10.8. The lowest BCUT2D eigenvalue weighted by molar-refractivity contribution is -0.139. The van der Waals surface area contributed by atoms with Crippen LogP contribution in [-0.2, 0) is 26.2 Å². The number of nitrogens with zero attached hydrogens (tertiary/aromatic N) is 2. The fraction of sp³-hybridized carbons (Fsp3) is 0.448. The summed E-state index contributed by atoms with van der Waals surface area (Å²) in [6.45, 7) is 6.66. The predicted molar refractivity (Wildman–Crippen MR) is 136 cm³/mol. The number of rotatable bonds is 6. The van der Waals surface area contributed by atoms with E-state index in [-0.39, 0.29) is 41.2 Å². The van der Waals surface area contributed by atoms with Crippen LogP contribution in [0.2, 0.25) is 0 Å². The zero-order valence-electron chi connectivity index (χ0n) is 21.2. The van der Waals surface area contributed by atoms with Crippen molar-refractivity contribution in [1.29, 1.82) is 0 Å². The third-order valence-corrected chi connectivity index (χ3v) is 8.88. The molecule has 0 radical (unpaired) electrons. The number of carbonyl (C=O) groups is 2. The quantitative estimate of drug-likeness (QED) is 0.365. The first-order valence-electron chi connectivity index (χ1n) is 12.9. The fourth-order valence-electron chi connectivity index (χ4n) is 7.47. The third-order valence-electron chi connectivity index (χ3n) is 8.88. The number of hydrogen-bond donors (Lipinski definition) is 1. The maximum Gasteiger partial charge on any atom is 0.307 e. The van der Waals surface area contributed by atoms with Crippen LogP contribution in [0.25, 0.3) is 6.08 Å². The number of hydrogen-bond acceptors (Lipinski definition) is 7. The number of carbonyl (C=O) groups excluding carboxylic acids is 2. The van der Waals surface area contributed by atoms with E-state index >= 15 is 0 Å². The fourth-order valence-corrected chi connectivity index (χ4v) is 7.47. The number of phenolic OH excluding ortho intramolecular Hbond substituents is 1. The number of ether oxygens (including phenoxy) is 2.